The second-order valence-electron chi connectivity index (χ2n) is 10.5. The number of carboxylic acids is 1. The fourth-order valence-corrected chi connectivity index (χ4v) is 4.99. The highest BCUT2D eigenvalue weighted by atomic mass is 16.4. The van der Waals surface area contributed by atoms with Crippen molar-refractivity contribution in [2.75, 3.05) is 0 Å². The molecule has 0 amide bonds. The van der Waals surface area contributed by atoms with Crippen molar-refractivity contribution in [3.63, 3.8) is 0 Å². The molecule has 0 aliphatic rings. The van der Waals surface area contributed by atoms with Crippen molar-refractivity contribution in [2.24, 2.45) is 0 Å². The Kier molecular flexibility index (Phi) is 7.83. The maximum atomic E-state index is 12.3. The fourth-order valence-electron chi connectivity index (χ4n) is 4.99. The molecule has 1 unspecified atom stereocenters. The Morgan fingerprint density at radius 2 is 1.05 bits per heavy atom. The molecule has 0 aliphatic heterocycles. The molecule has 0 aromatic heterocycles. The average Bonchev–Trinajstić information content (AvgIpc) is 2.90. The molecule has 0 fully saturated rings. The van der Waals surface area contributed by atoms with Crippen LogP contribution in [0.15, 0.2) is 91.0 Å². The average molecular weight is 493 g/mol. The van der Waals surface area contributed by atoms with Crippen LogP contribution >= 0.6 is 0 Å². The molecule has 0 aliphatic carbocycles. The minimum absolute atomic E-state index is 0.0714. The largest absolute Gasteiger partial charge is 0.507 e. The van der Waals surface area contributed by atoms with Gasteiger partial charge in [-0.1, -0.05) is 120 Å². The Bertz CT molecular complexity index is 1300. The third kappa shape index (κ3) is 5.61. The van der Waals surface area contributed by atoms with E-state index in [1.807, 2.05) is 43.3 Å². The summed E-state index contributed by atoms with van der Waals surface area (Å²) in [5.74, 6) is -0.817. The van der Waals surface area contributed by atoms with Gasteiger partial charge in [-0.2, -0.15) is 0 Å². The molecular weight excluding hydrogens is 456 g/mol. The second-order valence-corrected chi connectivity index (χ2v) is 10.5. The SMILES string of the molecule is CC(C)c1ccc(C(c2ccc(C(C)C)cc2)c2cc(C(=O)O)c(O)c(C(C)c3ccccc3)c2)cc1. The molecule has 1 atom stereocenters. The minimum atomic E-state index is -1.13. The van der Waals surface area contributed by atoms with Crippen LogP contribution in [0.5, 0.6) is 5.75 Å². The molecule has 3 heteroatoms. The predicted molar refractivity (Wildman–Crippen MR) is 151 cm³/mol. The summed E-state index contributed by atoms with van der Waals surface area (Å²) in [7, 11) is 0. The van der Waals surface area contributed by atoms with E-state index in [9.17, 15) is 15.0 Å². The molecule has 4 rings (SSSR count). The zero-order valence-electron chi connectivity index (χ0n) is 22.3. The molecule has 4 aromatic rings. The standard InChI is InChI=1S/C34H36O3/c1-21(2)24-11-15-27(16-12-24)32(28-17-13-25(14-18-28)22(3)4)29-19-30(33(35)31(20-29)34(36)37)23(5)26-9-7-6-8-10-26/h6-23,32,35H,1-5H3,(H,36,37). The zero-order valence-corrected chi connectivity index (χ0v) is 22.3. The van der Waals surface area contributed by atoms with E-state index >= 15 is 0 Å². The van der Waals surface area contributed by atoms with Crippen LogP contribution in [0.2, 0.25) is 0 Å². The van der Waals surface area contributed by atoms with Crippen LogP contribution in [0, 0.1) is 0 Å². The van der Waals surface area contributed by atoms with Gasteiger partial charge in [0.2, 0.25) is 0 Å². The summed E-state index contributed by atoms with van der Waals surface area (Å²) in [6.45, 7) is 10.7. The smallest absolute Gasteiger partial charge is 0.339 e. The number of aromatic hydroxyl groups is 1. The van der Waals surface area contributed by atoms with Crippen molar-refractivity contribution in [3.8, 4) is 5.75 Å². The number of hydrogen-bond acceptors (Lipinski definition) is 2. The van der Waals surface area contributed by atoms with E-state index in [0.29, 0.717) is 17.4 Å². The number of carbonyl (C=O) groups is 1. The van der Waals surface area contributed by atoms with Gasteiger partial charge in [-0.25, -0.2) is 4.79 Å². The van der Waals surface area contributed by atoms with Crippen molar-refractivity contribution in [2.45, 2.75) is 58.3 Å². The molecule has 0 bridgehead atoms. The zero-order chi connectivity index (χ0) is 26.7. The van der Waals surface area contributed by atoms with E-state index in [4.69, 9.17) is 0 Å². The first-order valence-electron chi connectivity index (χ1n) is 13.0. The van der Waals surface area contributed by atoms with Gasteiger partial charge in [-0.15, -0.1) is 0 Å². The molecule has 2 N–H and O–H groups in total. The van der Waals surface area contributed by atoms with Crippen molar-refractivity contribution in [1.29, 1.82) is 0 Å². The Morgan fingerprint density at radius 3 is 1.49 bits per heavy atom. The van der Waals surface area contributed by atoms with Crippen LogP contribution in [0.1, 0.15) is 108 Å². The molecule has 190 valence electrons. The molecule has 0 heterocycles. The van der Waals surface area contributed by atoms with Gasteiger partial charge in [-0.05, 0) is 51.3 Å². The first-order valence-corrected chi connectivity index (χ1v) is 13.0. The molecule has 37 heavy (non-hydrogen) atoms. The van der Waals surface area contributed by atoms with Crippen molar-refractivity contribution in [1.82, 2.24) is 0 Å². The first-order chi connectivity index (χ1) is 17.7. The fraction of sp³-hybridized carbons (Fsp3) is 0.265. The van der Waals surface area contributed by atoms with Crippen LogP contribution in [-0.2, 0) is 0 Å². The summed E-state index contributed by atoms with van der Waals surface area (Å²) >= 11 is 0. The lowest BCUT2D eigenvalue weighted by Gasteiger charge is -2.24. The lowest BCUT2D eigenvalue weighted by molar-refractivity contribution is 0.0693. The predicted octanol–water partition coefficient (Wildman–Crippen LogP) is 8.67. The maximum absolute atomic E-state index is 12.3. The highest BCUT2D eigenvalue weighted by Crippen LogP contribution is 2.40. The van der Waals surface area contributed by atoms with Crippen molar-refractivity contribution >= 4 is 5.97 Å². The van der Waals surface area contributed by atoms with Crippen LogP contribution < -0.4 is 0 Å². The quantitative estimate of drug-likeness (QED) is 0.242. The lowest BCUT2D eigenvalue weighted by Crippen LogP contribution is -2.10. The Balaban J connectivity index is 1.92. The number of aromatic carboxylic acids is 1. The van der Waals surface area contributed by atoms with Gasteiger partial charge in [-0.3, -0.25) is 0 Å². The molecule has 4 aromatic carbocycles. The summed E-state index contributed by atoms with van der Waals surface area (Å²) in [5, 5.41) is 21.1. The van der Waals surface area contributed by atoms with Crippen LogP contribution in [0.4, 0.5) is 0 Å². The van der Waals surface area contributed by atoms with Gasteiger partial charge in [0.25, 0.3) is 0 Å². The summed E-state index contributed by atoms with van der Waals surface area (Å²) < 4.78 is 0. The van der Waals surface area contributed by atoms with Crippen LogP contribution in [0.3, 0.4) is 0 Å². The van der Waals surface area contributed by atoms with Gasteiger partial charge in [0.15, 0.2) is 0 Å². The number of phenols is 1. The molecule has 0 saturated carbocycles. The molecular formula is C34H36O3. The number of carboxylic acid groups (broad SMARTS) is 1. The Morgan fingerprint density at radius 1 is 0.595 bits per heavy atom. The van der Waals surface area contributed by atoms with E-state index < -0.39 is 5.97 Å². The summed E-state index contributed by atoms with van der Waals surface area (Å²) in [5.41, 5.74) is 7.10. The number of hydrogen-bond donors (Lipinski definition) is 2. The molecule has 0 spiro atoms. The molecule has 0 radical (unpaired) electrons. The van der Waals surface area contributed by atoms with Gasteiger partial charge in [0.1, 0.15) is 11.3 Å². The topological polar surface area (TPSA) is 57.5 Å². The number of benzene rings is 4. The van der Waals surface area contributed by atoms with Crippen LogP contribution in [0.25, 0.3) is 0 Å². The highest BCUT2D eigenvalue weighted by molar-refractivity contribution is 5.92. The third-order valence-electron chi connectivity index (χ3n) is 7.36. The second kappa shape index (κ2) is 11.0. The summed E-state index contributed by atoms with van der Waals surface area (Å²) in [6, 6.07) is 30.7. The Labute approximate surface area is 220 Å². The van der Waals surface area contributed by atoms with Gasteiger partial charge in [0, 0.05) is 17.4 Å². The number of rotatable bonds is 8. The lowest BCUT2D eigenvalue weighted by atomic mass is 9.80. The van der Waals surface area contributed by atoms with E-state index in [-0.39, 0.29) is 23.1 Å². The van der Waals surface area contributed by atoms with Crippen molar-refractivity contribution in [3.05, 3.63) is 136 Å². The highest BCUT2D eigenvalue weighted by Gasteiger charge is 2.25. The minimum Gasteiger partial charge on any atom is -0.507 e. The van der Waals surface area contributed by atoms with E-state index in [0.717, 1.165) is 22.3 Å². The van der Waals surface area contributed by atoms with E-state index in [1.165, 1.54) is 11.1 Å². The van der Waals surface area contributed by atoms with Crippen LogP contribution in [-0.4, -0.2) is 16.2 Å². The van der Waals surface area contributed by atoms with E-state index in [1.54, 1.807) is 6.07 Å². The third-order valence-corrected chi connectivity index (χ3v) is 7.36. The molecule has 0 saturated heterocycles. The van der Waals surface area contributed by atoms with Gasteiger partial charge >= 0.3 is 5.97 Å². The van der Waals surface area contributed by atoms with E-state index in [2.05, 4.69) is 76.2 Å². The summed E-state index contributed by atoms with van der Waals surface area (Å²) in [4.78, 5) is 12.3. The normalized spacial score (nSPS) is 12.3. The monoisotopic (exact) mass is 492 g/mol. The molecule has 3 nitrogen and oxygen atoms in total. The van der Waals surface area contributed by atoms with Crippen molar-refractivity contribution < 1.29 is 15.0 Å². The maximum Gasteiger partial charge on any atom is 0.339 e. The van der Waals surface area contributed by atoms with Gasteiger partial charge < -0.3 is 10.2 Å². The van der Waals surface area contributed by atoms with Gasteiger partial charge in [0.05, 0.1) is 0 Å². The Hall–Kier alpha value is -3.85. The first kappa shape index (κ1) is 26.2. The summed E-state index contributed by atoms with van der Waals surface area (Å²) in [6.07, 6.45) is 0.